The molecule has 9 heteroatoms. The van der Waals surface area contributed by atoms with Crippen LogP contribution in [0.4, 0.5) is 18.9 Å². The zero-order chi connectivity index (χ0) is 24.2. The summed E-state index contributed by atoms with van der Waals surface area (Å²) in [6.45, 7) is 5.39. The minimum absolute atomic E-state index is 0.105. The number of carbonyl (C=O) groups is 1. The zero-order valence-corrected chi connectivity index (χ0v) is 18.9. The number of rotatable bonds is 4. The maximum Gasteiger partial charge on any atom is 0.434 e. The van der Waals surface area contributed by atoms with E-state index in [0.29, 0.717) is 28.7 Å². The number of anilines is 1. The van der Waals surface area contributed by atoms with Crippen molar-refractivity contribution in [3.8, 4) is 11.3 Å². The second-order valence-electron chi connectivity index (χ2n) is 8.24. The second-order valence-corrected chi connectivity index (χ2v) is 8.24. The number of amides is 1. The van der Waals surface area contributed by atoms with Gasteiger partial charge in [0.15, 0.2) is 5.69 Å². The van der Waals surface area contributed by atoms with Crippen LogP contribution in [0.1, 0.15) is 37.9 Å². The molecule has 1 amide bonds. The van der Waals surface area contributed by atoms with E-state index in [9.17, 15) is 18.0 Å². The third kappa shape index (κ3) is 5.66. The lowest BCUT2D eigenvalue weighted by Crippen LogP contribution is -2.40. The van der Waals surface area contributed by atoms with Gasteiger partial charge in [-0.15, -0.1) is 0 Å². The molecule has 0 atom stereocenters. The molecule has 0 radical (unpaired) electrons. The van der Waals surface area contributed by atoms with Crippen LogP contribution < -0.4 is 10.6 Å². The Hall–Kier alpha value is -3.49. The number of nitrogens with zero attached hydrogens (tertiary/aromatic N) is 3. The van der Waals surface area contributed by atoms with E-state index in [1.54, 1.807) is 32.2 Å². The van der Waals surface area contributed by atoms with Crippen molar-refractivity contribution in [2.75, 3.05) is 12.4 Å². The third-order valence-electron chi connectivity index (χ3n) is 5.43. The Bertz CT molecular complexity index is 1130. The molecule has 0 spiro atoms. The van der Waals surface area contributed by atoms with E-state index < -0.39 is 17.3 Å². The van der Waals surface area contributed by atoms with Gasteiger partial charge in [-0.05, 0) is 51.0 Å². The van der Waals surface area contributed by atoms with Crippen molar-refractivity contribution < 1.29 is 18.0 Å². The molecule has 0 fully saturated rings. The number of aromatic nitrogens is 2. The molecule has 33 heavy (non-hydrogen) atoms. The van der Waals surface area contributed by atoms with Crippen molar-refractivity contribution in [3.63, 3.8) is 0 Å². The number of amidine groups is 1. The number of carbonyl (C=O) groups excluding carboxylic acids is 1. The minimum atomic E-state index is -4.57. The Morgan fingerprint density at radius 2 is 1.97 bits per heavy atom. The first-order valence-corrected chi connectivity index (χ1v) is 10.4. The summed E-state index contributed by atoms with van der Waals surface area (Å²) < 4.78 is 38.9. The van der Waals surface area contributed by atoms with Gasteiger partial charge in [-0.1, -0.05) is 18.2 Å². The normalized spacial score (nSPS) is 18.5. The van der Waals surface area contributed by atoms with E-state index in [2.05, 4.69) is 25.6 Å². The highest BCUT2D eigenvalue weighted by atomic mass is 19.4. The van der Waals surface area contributed by atoms with Crippen molar-refractivity contribution in [1.82, 2.24) is 15.3 Å². The first kappa shape index (κ1) is 24.2. The van der Waals surface area contributed by atoms with Crippen molar-refractivity contribution >= 4 is 17.4 Å². The summed E-state index contributed by atoms with van der Waals surface area (Å²) in [5.41, 5.74) is 0.588. The number of halogens is 3. The number of nitrogens with one attached hydrogen (secondary N) is 2. The molecule has 0 saturated carbocycles. The highest BCUT2D eigenvalue weighted by molar-refractivity contribution is 5.98. The molecular weight excluding hydrogens is 431 g/mol. The molecule has 0 unspecified atom stereocenters. The molecule has 1 aliphatic heterocycles. The third-order valence-corrected chi connectivity index (χ3v) is 5.43. The maximum atomic E-state index is 13.2. The van der Waals surface area contributed by atoms with E-state index in [4.69, 9.17) is 0 Å². The minimum Gasteiger partial charge on any atom is -0.347 e. The van der Waals surface area contributed by atoms with Gasteiger partial charge >= 0.3 is 6.18 Å². The van der Waals surface area contributed by atoms with Crippen molar-refractivity contribution in [2.45, 2.75) is 39.8 Å². The Morgan fingerprint density at radius 1 is 1.21 bits per heavy atom. The van der Waals surface area contributed by atoms with Gasteiger partial charge in [0.2, 0.25) is 5.91 Å². The quantitative estimate of drug-likeness (QED) is 0.654. The summed E-state index contributed by atoms with van der Waals surface area (Å²) in [6, 6.07) is 4.93. The van der Waals surface area contributed by atoms with Crippen LogP contribution in [-0.4, -0.2) is 28.8 Å². The summed E-state index contributed by atoms with van der Waals surface area (Å²) >= 11 is 0. The lowest BCUT2D eigenvalue weighted by Gasteiger charge is -2.29. The van der Waals surface area contributed by atoms with E-state index >= 15 is 0 Å². The highest BCUT2D eigenvalue weighted by Gasteiger charge is 2.34. The Balaban J connectivity index is 1.83. The van der Waals surface area contributed by atoms with Gasteiger partial charge in [-0.25, -0.2) is 4.98 Å². The standard InChI is InChI=1S/C24H26F3N5O/c1-15-12-16(18-13-29-14-20(30-18)24(25,26)27)10-11-17(15)31-22(33)23(2,3)19-8-6-5-7-9-21(28-4)32-19/h5-6,8,10-14H,7,9H2,1-4H3,(H,28,32)(H,31,33)/b6-5-,19-8-. The van der Waals surface area contributed by atoms with Crippen molar-refractivity contribution in [3.05, 3.63) is 65.8 Å². The van der Waals surface area contributed by atoms with Gasteiger partial charge in [0.05, 0.1) is 23.5 Å². The van der Waals surface area contributed by atoms with Gasteiger partial charge in [-0.3, -0.25) is 14.8 Å². The summed E-state index contributed by atoms with van der Waals surface area (Å²) in [4.78, 5) is 24.8. The molecule has 0 bridgehead atoms. The number of hydrogen-bond acceptors (Lipinski definition) is 4. The van der Waals surface area contributed by atoms with Crippen LogP contribution in [0.2, 0.25) is 0 Å². The van der Waals surface area contributed by atoms with Crippen LogP contribution in [0, 0.1) is 12.3 Å². The van der Waals surface area contributed by atoms with Crippen LogP contribution in [0.25, 0.3) is 11.3 Å². The Kier molecular flexibility index (Phi) is 7.00. The van der Waals surface area contributed by atoms with Gasteiger partial charge in [0.25, 0.3) is 0 Å². The fraction of sp³-hybridized carbons (Fsp3) is 0.333. The Labute approximate surface area is 190 Å². The average Bonchev–Trinajstić information content (AvgIpc) is 2.74. The highest BCUT2D eigenvalue weighted by Crippen LogP contribution is 2.31. The van der Waals surface area contributed by atoms with Gasteiger partial charge in [0, 0.05) is 30.4 Å². The smallest absolute Gasteiger partial charge is 0.347 e. The zero-order valence-electron chi connectivity index (χ0n) is 18.9. The SMILES string of the molecule is CN=C1CC/C=C\C=C(\C(C)(C)C(=O)Nc2ccc(-c3cncc(C(F)(F)F)n3)cc2C)N1. The number of benzene rings is 1. The van der Waals surface area contributed by atoms with Crippen molar-refractivity contribution in [2.24, 2.45) is 10.4 Å². The van der Waals surface area contributed by atoms with Gasteiger partial charge < -0.3 is 10.6 Å². The van der Waals surface area contributed by atoms with Crippen LogP contribution in [0.15, 0.2) is 59.5 Å². The Morgan fingerprint density at radius 3 is 2.64 bits per heavy atom. The topological polar surface area (TPSA) is 79.3 Å². The summed E-state index contributed by atoms with van der Waals surface area (Å²) in [7, 11) is 1.71. The number of aryl methyl sites for hydroxylation is 1. The molecule has 6 nitrogen and oxygen atoms in total. The number of aliphatic imine (C=N–C) groups is 1. The fourth-order valence-electron chi connectivity index (χ4n) is 3.28. The van der Waals surface area contributed by atoms with Gasteiger partial charge in [-0.2, -0.15) is 13.2 Å². The lowest BCUT2D eigenvalue weighted by atomic mass is 9.86. The average molecular weight is 458 g/mol. The van der Waals surface area contributed by atoms with Crippen LogP contribution in [-0.2, 0) is 11.0 Å². The molecule has 1 aromatic carbocycles. The summed E-state index contributed by atoms with van der Waals surface area (Å²) in [5.74, 6) is 0.564. The van der Waals surface area contributed by atoms with E-state index in [1.807, 2.05) is 32.1 Å². The summed E-state index contributed by atoms with van der Waals surface area (Å²) in [6.07, 6.45) is 4.81. The second kappa shape index (κ2) is 9.56. The molecule has 1 aromatic heterocycles. The molecule has 0 saturated heterocycles. The molecular formula is C24H26F3N5O. The van der Waals surface area contributed by atoms with Gasteiger partial charge in [0.1, 0.15) is 5.84 Å². The van der Waals surface area contributed by atoms with Crippen LogP contribution in [0.5, 0.6) is 0 Å². The molecule has 2 heterocycles. The number of allylic oxidation sites excluding steroid dienone is 3. The van der Waals surface area contributed by atoms with Crippen LogP contribution >= 0.6 is 0 Å². The molecule has 1 aliphatic rings. The maximum absolute atomic E-state index is 13.2. The summed E-state index contributed by atoms with van der Waals surface area (Å²) in [5, 5.41) is 6.20. The van der Waals surface area contributed by atoms with Crippen LogP contribution in [0.3, 0.4) is 0 Å². The van der Waals surface area contributed by atoms with Crippen molar-refractivity contribution in [1.29, 1.82) is 0 Å². The predicted octanol–water partition coefficient (Wildman–Crippen LogP) is 5.29. The lowest BCUT2D eigenvalue weighted by molar-refractivity contribution is -0.141. The fourth-order valence-corrected chi connectivity index (χ4v) is 3.28. The number of alkyl halides is 3. The molecule has 174 valence electrons. The molecule has 0 aliphatic carbocycles. The molecule has 2 N–H and O–H groups in total. The first-order valence-electron chi connectivity index (χ1n) is 10.4. The molecule has 2 aromatic rings. The molecule has 3 rings (SSSR count). The largest absolute Gasteiger partial charge is 0.434 e. The van der Waals surface area contributed by atoms with E-state index in [1.165, 1.54) is 6.20 Å². The first-order chi connectivity index (χ1) is 15.5. The number of hydrogen-bond donors (Lipinski definition) is 2. The monoisotopic (exact) mass is 457 g/mol. The van der Waals surface area contributed by atoms with E-state index in [-0.39, 0.29) is 11.6 Å². The predicted molar refractivity (Wildman–Crippen MR) is 123 cm³/mol. The van der Waals surface area contributed by atoms with E-state index in [0.717, 1.165) is 18.7 Å².